The molecule has 3 nitrogen and oxygen atoms in total. The number of imide groups is 1. The van der Waals surface area contributed by atoms with E-state index >= 15 is 0 Å². The maximum absolute atomic E-state index is 11.1. The second-order valence-corrected chi connectivity index (χ2v) is 3.11. The van der Waals surface area contributed by atoms with Gasteiger partial charge in [-0.1, -0.05) is 6.08 Å². The first-order valence-corrected chi connectivity index (χ1v) is 3.54. The van der Waals surface area contributed by atoms with Gasteiger partial charge in [-0.3, -0.25) is 14.9 Å². The SMILES string of the molecule is C=CCC1(C)CC(=O)NC1=O. The van der Waals surface area contributed by atoms with Crippen LogP contribution in [0.5, 0.6) is 0 Å². The van der Waals surface area contributed by atoms with Gasteiger partial charge in [-0.25, -0.2) is 0 Å². The van der Waals surface area contributed by atoms with E-state index in [1.807, 2.05) is 0 Å². The summed E-state index contributed by atoms with van der Waals surface area (Å²) < 4.78 is 0. The van der Waals surface area contributed by atoms with E-state index in [0.29, 0.717) is 6.42 Å². The lowest BCUT2D eigenvalue weighted by molar-refractivity contribution is -0.128. The Morgan fingerprint density at radius 3 is 2.73 bits per heavy atom. The molecule has 1 heterocycles. The molecule has 1 rings (SSSR count). The summed E-state index contributed by atoms with van der Waals surface area (Å²) >= 11 is 0. The number of rotatable bonds is 2. The molecular formula is C8H11NO2. The lowest BCUT2D eigenvalue weighted by Gasteiger charge is -2.15. The summed E-state index contributed by atoms with van der Waals surface area (Å²) in [6.45, 7) is 5.31. The van der Waals surface area contributed by atoms with Crippen molar-refractivity contribution in [3.8, 4) is 0 Å². The average Bonchev–Trinajstić information content (AvgIpc) is 2.08. The monoisotopic (exact) mass is 153 g/mol. The third kappa shape index (κ3) is 1.31. The van der Waals surface area contributed by atoms with E-state index in [-0.39, 0.29) is 18.2 Å². The first-order valence-electron chi connectivity index (χ1n) is 3.54. The predicted molar refractivity (Wildman–Crippen MR) is 40.7 cm³/mol. The van der Waals surface area contributed by atoms with Crippen LogP contribution in [0.2, 0.25) is 0 Å². The average molecular weight is 153 g/mol. The molecule has 3 heteroatoms. The maximum atomic E-state index is 11.1. The molecule has 0 aromatic carbocycles. The van der Waals surface area contributed by atoms with Crippen molar-refractivity contribution < 1.29 is 9.59 Å². The van der Waals surface area contributed by atoms with Crippen LogP contribution in [0.3, 0.4) is 0 Å². The minimum Gasteiger partial charge on any atom is -0.296 e. The third-order valence-corrected chi connectivity index (χ3v) is 1.95. The number of allylic oxidation sites excluding steroid dienone is 1. The zero-order valence-electron chi connectivity index (χ0n) is 6.52. The van der Waals surface area contributed by atoms with Crippen molar-refractivity contribution in [1.82, 2.24) is 5.32 Å². The molecule has 11 heavy (non-hydrogen) atoms. The molecule has 60 valence electrons. The normalized spacial score (nSPS) is 30.3. The fraction of sp³-hybridized carbons (Fsp3) is 0.500. The first-order chi connectivity index (χ1) is 5.08. The number of amides is 2. The standard InChI is InChI=1S/C8H11NO2/c1-3-4-8(2)5-6(10)9-7(8)11/h3H,1,4-5H2,2H3,(H,9,10,11). The molecule has 0 spiro atoms. The number of carbonyl (C=O) groups is 2. The zero-order chi connectivity index (χ0) is 8.48. The van der Waals surface area contributed by atoms with E-state index < -0.39 is 5.41 Å². The van der Waals surface area contributed by atoms with Crippen molar-refractivity contribution in [3.63, 3.8) is 0 Å². The van der Waals surface area contributed by atoms with Crippen LogP contribution in [0.1, 0.15) is 19.8 Å². The minimum atomic E-state index is -0.543. The Kier molecular flexibility index (Phi) is 1.81. The Morgan fingerprint density at radius 2 is 2.36 bits per heavy atom. The number of nitrogens with one attached hydrogen (secondary N) is 1. The molecule has 0 radical (unpaired) electrons. The summed E-state index contributed by atoms with van der Waals surface area (Å²) in [4.78, 5) is 21.9. The molecule has 0 bridgehead atoms. The van der Waals surface area contributed by atoms with Crippen LogP contribution < -0.4 is 5.32 Å². The van der Waals surface area contributed by atoms with Crippen LogP contribution in [0, 0.1) is 5.41 Å². The summed E-state index contributed by atoms with van der Waals surface area (Å²) in [5.74, 6) is -0.359. The third-order valence-electron chi connectivity index (χ3n) is 1.95. The lowest BCUT2D eigenvalue weighted by atomic mass is 9.85. The van der Waals surface area contributed by atoms with Crippen molar-refractivity contribution >= 4 is 11.8 Å². The van der Waals surface area contributed by atoms with Gasteiger partial charge in [-0.15, -0.1) is 6.58 Å². The molecule has 1 aliphatic rings. The Morgan fingerprint density at radius 1 is 1.73 bits per heavy atom. The zero-order valence-corrected chi connectivity index (χ0v) is 6.52. The molecule has 0 aromatic heterocycles. The maximum Gasteiger partial charge on any atom is 0.233 e. The van der Waals surface area contributed by atoms with Crippen molar-refractivity contribution in [2.75, 3.05) is 0 Å². The van der Waals surface area contributed by atoms with Crippen LogP contribution in [0.25, 0.3) is 0 Å². The van der Waals surface area contributed by atoms with Crippen LogP contribution in [0.4, 0.5) is 0 Å². The molecule has 0 aromatic rings. The summed E-state index contributed by atoms with van der Waals surface area (Å²) in [6.07, 6.45) is 2.51. The van der Waals surface area contributed by atoms with Gasteiger partial charge in [-0.05, 0) is 13.3 Å². The highest BCUT2D eigenvalue weighted by atomic mass is 16.2. The summed E-state index contributed by atoms with van der Waals surface area (Å²) in [7, 11) is 0. The fourth-order valence-electron chi connectivity index (χ4n) is 1.24. The number of carbonyl (C=O) groups excluding carboxylic acids is 2. The summed E-state index contributed by atoms with van der Waals surface area (Å²) in [5, 5.41) is 2.27. The van der Waals surface area contributed by atoms with E-state index in [2.05, 4.69) is 11.9 Å². The van der Waals surface area contributed by atoms with Gasteiger partial charge in [0.2, 0.25) is 11.8 Å². The number of hydrogen-bond acceptors (Lipinski definition) is 2. The van der Waals surface area contributed by atoms with Crippen molar-refractivity contribution in [3.05, 3.63) is 12.7 Å². The van der Waals surface area contributed by atoms with Gasteiger partial charge in [0.05, 0.1) is 5.41 Å². The van der Waals surface area contributed by atoms with Crippen molar-refractivity contribution in [2.24, 2.45) is 5.41 Å². The van der Waals surface area contributed by atoms with Gasteiger partial charge in [0.1, 0.15) is 0 Å². The van der Waals surface area contributed by atoms with Crippen LogP contribution in [-0.4, -0.2) is 11.8 Å². The van der Waals surface area contributed by atoms with Crippen LogP contribution >= 0.6 is 0 Å². The minimum absolute atomic E-state index is 0.178. The topological polar surface area (TPSA) is 46.2 Å². The molecule has 0 saturated carbocycles. The van der Waals surface area contributed by atoms with Gasteiger partial charge >= 0.3 is 0 Å². The fourth-order valence-corrected chi connectivity index (χ4v) is 1.24. The van der Waals surface area contributed by atoms with E-state index in [9.17, 15) is 9.59 Å². The Balaban J connectivity index is 2.78. The smallest absolute Gasteiger partial charge is 0.233 e. The van der Waals surface area contributed by atoms with Gasteiger partial charge in [0, 0.05) is 6.42 Å². The van der Waals surface area contributed by atoms with E-state index in [4.69, 9.17) is 0 Å². The quantitative estimate of drug-likeness (QED) is 0.467. The predicted octanol–water partition coefficient (Wildman–Crippen LogP) is 0.615. The molecule has 1 N–H and O–H groups in total. The van der Waals surface area contributed by atoms with E-state index in [1.54, 1.807) is 13.0 Å². The summed E-state index contributed by atoms with van der Waals surface area (Å²) in [6, 6.07) is 0. The van der Waals surface area contributed by atoms with Gasteiger partial charge in [-0.2, -0.15) is 0 Å². The molecule has 1 saturated heterocycles. The van der Waals surface area contributed by atoms with Gasteiger partial charge in [0.25, 0.3) is 0 Å². The van der Waals surface area contributed by atoms with Crippen molar-refractivity contribution in [1.29, 1.82) is 0 Å². The molecule has 0 aliphatic carbocycles. The van der Waals surface area contributed by atoms with Gasteiger partial charge in [0.15, 0.2) is 0 Å². The second kappa shape index (κ2) is 2.49. The lowest BCUT2D eigenvalue weighted by Crippen LogP contribution is -2.28. The molecular weight excluding hydrogens is 142 g/mol. The highest BCUT2D eigenvalue weighted by molar-refractivity contribution is 6.05. The Labute approximate surface area is 65.5 Å². The molecule has 1 atom stereocenters. The highest BCUT2D eigenvalue weighted by Gasteiger charge is 2.41. The molecule has 1 fully saturated rings. The van der Waals surface area contributed by atoms with E-state index in [1.165, 1.54) is 0 Å². The molecule has 1 aliphatic heterocycles. The highest BCUT2D eigenvalue weighted by Crippen LogP contribution is 2.30. The van der Waals surface area contributed by atoms with Crippen LogP contribution in [-0.2, 0) is 9.59 Å². The second-order valence-electron chi connectivity index (χ2n) is 3.11. The van der Waals surface area contributed by atoms with Crippen molar-refractivity contribution in [2.45, 2.75) is 19.8 Å². The first kappa shape index (κ1) is 7.98. The number of hydrogen-bond donors (Lipinski definition) is 1. The molecule has 2 amide bonds. The Hall–Kier alpha value is -1.12. The largest absolute Gasteiger partial charge is 0.296 e. The molecule has 1 unspecified atom stereocenters. The summed E-state index contributed by atoms with van der Waals surface area (Å²) in [5.41, 5.74) is -0.543. The van der Waals surface area contributed by atoms with Gasteiger partial charge < -0.3 is 0 Å². The Bertz CT molecular complexity index is 222. The van der Waals surface area contributed by atoms with Crippen LogP contribution in [0.15, 0.2) is 12.7 Å². The van der Waals surface area contributed by atoms with E-state index in [0.717, 1.165) is 0 Å².